The quantitative estimate of drug-likeness (QED) is 0.653. The average Bonchev–Trinajstić information content (AvgIpc) is 1.86. The maximum Gasteiger partial charge on any atom is 0.0583 e. The molecule has 0 aromatic carbocycles. The topological polar surface area (TPSA) is 46.2 Å². The number of nitrogens with two attached hydrogens (primary N) is 1. The molecule has 3 N–H and O–H groups in total. The van der Waals surface area contributed by atoms with E-state index < -0.39 is 0 Å². The van der Waals surface area contributed by atoms with E-state index >= 15 is 0 Å². The first-order valence-electron chi connectivity index (χ1n) is 4.40. The van der Waals surface area contributed by atoms with Crippen LogP contribution in [-0.4, -0.2) is 16.7 Å². The fourth-order valence-electron chi connectivity index (χ4n) is 1.58. The third-order valence-electron chi connectivity index (χ3n) is 2.28. The Morgan fingerprint density at radius 1 is 1.27 bits per heavy atom. The number of rotatable bonds is 4. The van der Waals surface area contributed by atoms with Gasteiger partial charge >= 0.3 is 0 Å². The molecule has 0 bridgehead atoms. The minimum absolute atomic E-state index is 0.215. The van der Waals surface area contributed by atoms with Crippen LogP contribution >= 0.6 is 0 Å². The molecular weight excluding hydrogens is 138 g/mol. The summed E-state index contributed by atoms with van der Waals surface area (Å²) in [5.74, 6) is 0.215. The molecule has 2 unspecified atom stereocenters. The number of aliphatic hydroxyl groups is 1. The van der Waals surface area contributed by atoms with Gasteiger partial charge in [-0.2, -0.15) is 0 Å². The first-order valence-corrected chi connectivity index (χ1v) is 4.40. The average molecular weight is 159 g/mol. The van der Waals surface area contributed by atoms with Crippen LogP contribution in [0.4, 0.5) is 0 Å². The van der Waals surface area contributed by atoms with Crippen LogP contribution in [0.15, 0.2) is 0 Å². The summed E-state index contributed by atoms with van der Waals surface area (Å²) in [5.41, 5.74) is 5.65. The maximum atomic E-state index is 9.57. The zero-order chi connectivity index (χ0) is 9.07. The molecule has 0 spiro atoms. The highest BCUT2D eigenvalue weighted by Crippen LogP contribution is 2.22. The van der Waals surface area contributed by atoms with Gasteiger partial charge in [-0.3, -0.25) is 0 Å². The molecule has 2 heteroatoms. The zero-order valence-electron chi connectivity index (χ0n) is 8.09. The summed E-state index contributed by atoms with van der Waals surface area (Å²) in [6.45, 7) is 8.00. The number of aliphatic hydroxyl groups excluding tert-OH is 1. The van der Waals surface area contributed by atoms with Crippen molar-refractivity contribution in [2.45, 2.75) is 52.2 Å². The molecule has 0 aromatic heterocycles. The van der Waals surface area contributed by atoms with Gasteiger partial charge in [-0.25, -0.2) is 0 Å². The summed E-state index contributed by atoms with van der Waals surface area (Å²) < 4.78 is 0. The summed E-state index contributed by atoms with van der Waals surface area (Å²) in [6.07, 6.45) is 1.48. The van der Waals surface area contributed by atoms with Gasteiger partial charge in [-0.05, 0) is 26.7 Å². The van der Waals surface area contributed by atoms with Crippen molar-refractivity contribution < 1.29 is 5.11 Å². The van der Waals surface area contributed by atoms with Gasteiger partial charge < -0.3 is 10.8 Å². The second kappa shape index (κ2) is 4.07. The molecule has 2 nitrogen and oxygen atoms in total. The van der Waals surface area contributed by atoms with Gasteiger partial charge in [0.05, 0.1) is 6.10 Å². The largest absolute Gasteiger partial charge is 0.393 e. The Bertz CT molecular complexity index is 107. The Morgan fingerprint density at radius 2 is 1.73 bits per heavy atom. The lowest BCUT2D eigenvalue weighted by molar-refractivity contribution is 0.0640. The van der Waals surface area contributed by atoms with Crippen LogP contribution in [0.5, 0.6) is 0 Å². The fourth-order valence-corrected chi connectivity index (χ4v) is 1.58. The number of hydrogen-bond acceptors (Lipinski definition) is 2. The maximum absolute atomic E-state index is 9.57. The molecule has 0 radical (unpaired) electrons. The predicted molar refractivity (Wildman–Crippen MR) is 48.3 cm³/mol. The van der Waals surface area contributed by atoms with E-state index in [1.54, 1.807) is 0 Å². The summed E-state index contributed by atoms with van der Waals surface area (Å²) >= 11 is 0. The summed E-state index contributed by atoms with van der Waals surface area (Å²) in [4.78, 5) is 0. The molecule has 0 heterocycles. The Labute approximate surface area is 69.8 Å². The van der Waals surface area contributed by atoms with Crippen molar-refractivity contribution in [2.75, 3.05) is 0 Å². The molecule has 0 aliphatic rings. The van der Waals surface area contributed by atoms with E-state index in [0.717, 1.165) is 12.8 Å². The van der Waals surface area contributed by atoms with Crippen LogP contribution in [0.1, 0.15) is 40.5 Å². The standard InChI is InChI=1S/C9H21NO/c1-5-7(8(11)6-2)9(3,4)10/h7-8,11H,5-6,10H2,1-4H3. The molecular formula is C9H21NO. The SMILES string of the molecule is CCC(O)C(CC)C(C)(C)N. The van der Waals surface area contributed by atoms with Crippen molar-refractivity contribution in [3.05, 3.63) is 0 Å². The summed E-state index contributed by atoms with van der Waals surface area (Å²) in [6, 6.07) is 0. The van der Waals surface area contributed by atoms with E-state index in [1.165, 1.54) is 0 Å². The molecule has 2 atom stereocenters. The molecule has 0 aromatic rings. The second-order valence-electron chi connectivity index (χ2n) is 3.81. The molecule has 0 aliphatic carbocycles. The van der Waals surface area contributed by atoms with Gasteiger partial charge in [-0.15, -0.1) is 0 Å². The van der Waals surface area contributed by atoms with Gasteiger partial charge in [0, 0.05) is 11.5 Å². The molecule has 11 heavy (non-hydrogen) atoms. The van der Waals surface area contributed by atoms with Crippen molar-refractivity contribution in [1.29, 1.82) is 0 Å². The van der Waals surface area contributed by atoms with E-state index in [4.69, 9.17) is 5.73 Å². The lowest BCUT2D eigenvalue weighted by Crippen LogP contribution is -2.46. The highest BCUT2D eigenvalue weighted by atomic mass is 16.3. The highest BCUT2D eigenvalue weighted by Gasteiger charge is 2.28. The Kier molecular flexibility index (Phi) is 4.04. The third-order valence-corrected chi connectivity index (χ3v) is 2.28. The van der Waals surface area contributed by atoms with Crippen molar-refractivity contribution in [1.82, 2.24) is 0 Å². The minimum atomic E-state index is -0.260. The van der Waals surface area contributed by atoms with Crippen LogP contribution in [0.2, 0.25) is 0 Å². The monoisotopic (exact) mass is 159 g/mol. The van der Waals surface area contributed by atoms with Crippen LogP contribution < -0.4 is 5.73 Å². The zero-order valence-corrected chi connectivity index (χ0v) is 8.09. The lowest BCUT2D eigenvalue weighted by Gasteiger charge is -2.33. The lowest BCUT2D eigenvalue weighted by atomic mass is 9.81. The molecule has 0 aliphatic heterocycles. The normalized spacial score (nSPS) is 18.0. The van der Waals surface area contributed by atoms with Crippen molar-refractivity contribution in [2.24, 2.45) is 11.7 Å². The second-order valence-corrected chi connectivity index (χ2v) is 3.81. The van der Waals surface area contributed by atoms with Crippen molar-refractivity contribution in [3.8, 4) is 0 Å². The van der Waals surface area contributed by atoms with Crippen molar-refractivity contribution >= 4 is 0 Å². The third kappa shape index (κ3) is 3.21. The van der Waals surface area contributed by atoms with Gasteiger partial charge in [0.2, 0.25) is 0 Å². The predicted octanol–water partition coefficient (Wildman–Crippen LogP) is 1.52. The molecule has 0 fully saturated rings. The summed E-state index contributed by atoms with van der Waals surface area (Å²) in [7, 11) is 0. The van der Waals surface area contributed by atoms with Crippen LogP contribution in [0.25, 0.3) is 0 Å². The van der Waals surface area contributed by atoms with Crippen LogP contribution in [0.3, 0.4) is 0 Å². The Balaban J connectivity index is 4.16. The molecule has 0 amide bonds. The smallest absolute Gasteiger partial charge is 0.0583 e. The van der Waals surface area contributed by atoms with Crippen LogP contribution in [0, 0.1) is 5.92 Å². The first kappa shape index (κ1) is 10.9. The van der Waals surface area contributed by atoms with Crippen molar-refractivity contribution in [3.63, 3.8) is 0 Å². The van der Waals surface area contributed by atoms with E-state index in [1.807, 2.05) is 20.8 Å². The van der Waals surface area contributed by atoms with Crippen LogP contribution in [-0.2, 0) is 0 Å². The summed E-state index contributed by atoms with van der Waals surface area (Å²) in [5, 5.41) is 9.57. The van der Waals surface area contributed by atoms with Gasteiger partial charge in [0.25, 0.3) is 0 Å². The highest BCUT2D eigenvalue weighted by molar-refractivity contribution is 4.85. The first-order chi connectivity index (χ1) is 4.93. The number of hydrogen-bond donors (Lipinski definition) is 2. The fraction of sp³-hybridized carbons (Fsp3) is 1.00. The Morgan fingerprint density at radius 3 is 1.82 bits per heavy atom. The van der Waals surface area contributed by atoms with E-state index in [9.17, 15) is 5.11 Å². The minimum Gasteiger partial charge on any atom is -0.393 e. The van der Waals surface area contributed by atoms with Gasteiger partial charge in [0.15, 0.2) is 0 Å². The van der Waals surface area contributed by atoms with E-state index in [0.29, 0.717) is 0 Å². The Hall–Kier alpha value is -0.0800. The van der Waals surface area contributed by atoms with E-state index in [-0.39, 0.29) is 17.6 Å². The van der Waals surface area contributed by atoms with E-state index in [2.05, 4.69) is 6.92 Å². The molecule has 0 saturated carbocycles. The molecule has 0 rings (SSSR count). The van der Waals surface area contributed by atoms with Gasteiger partial charge in [-0.1, -0.05) is 13.8 Å². The molecule has 68 valence electrons. The van der Waals surface area contributed by atoms with Gasteiger partial charge in [0.1, 0.15) is 0 Å². The molecule has 0 saturated heterocycles.